The predicted octanol–water partition coefficient (Wildman–Crippen LogP) is 2.81. The lowest BCUT2D eigenvalue weighted by Crippen LogP contribution is -2.10. The first kappa shape index (κ1) is 14.1. The summed E-state index contributed by atoms with van der Waals surface area (Å²) in [6.45, 7) is 1.79. The van der Waals surface area contributed by atoms with Gasteiger partial charge in [0.25, 0.3) is 6.43 Å². The minimum atomic E-state index is -2.81. The second-order valence-corrected chi connectivity index (χ2v) is 4.04. The molecule has 1 aromatic heterocycles. The van der Waals surface area contributed by atoms with Gasteiger partial charge in [0.2, 0.25) is 0 Å². The van der Waals surface area contributed by atoms with E-state index >= 15 is 0 Å². The van der Waals surface area contributed by atoms with Gasteiger partial charge in [-0.15, -0.1) is 0 Å². The van der Waals surface area contributed by atoms with Crippen LogP contribution in [0.25, 0.3) is 0 Å². The quantitative estimate of drug-likeness (QED) is 0.473. The number of carbonyl (C=O) groups excluding carboxylic acids is 1. The molecule has 94 valence electrons. The number of methoxy groups -OCH3 is 1. The van der Waals surface area contributed by atoms with E-state index in [9.17, 15) is 13.6 Å². The van der Waals surface area contributed by atoms with Crippen molar-refractivity contribution in [1.82, 2.24) is 4.98 Å². The third-order valence-corrected chi connectivity index (χ3v) is 2.43. The first-order chi connectivity index (χ1) is 8.01. The first-order valence-corrected chi connectivity index (χ1v) is 5.78. The maximum atomic E-state index is 12.7. The Labute approximate surface area is 110 Å². The number of hydrogen-bond donors (Lipinski definition) is 0. The van der Waals surface area contributed by atoms with Crippen LogP contribution in [0.3, 0.4) is 0 Å². The van der Waals surface area contributed by atoms with Gasteiger partial charge in [-0.05, 0) is 35.6 Å². The van der Waals surface area contributed by atoms with Crippen LogP contribution in [0.4, 0.5) is 8.78 Å². The van der Waals surface area contributed by atoms with Gasteiger partial charge in [-0.25, -0.2) is 18.6 Å². The number of hydrogen-bond acceptors (Lipinski definition) is 4. The van der Waals surface area contributed by atoms with Crippen LogP contribution in [0.1, 0.15) is 29.4 Å². The van der Waals surface area contributed by atoms with Crippen LogP contribution in [-0.2, 0) is 4.74 Å². The topological polar surface area (TPSA) is 48.4 Å². The number of aromatic nitrogens is 1. The molecule has 0 aromatic carbocycles. The lowest BCUT2D eigenvalue weighted by atomic mass is 10.2. The van der Waals surface area contributed by atoms with E-state index < -0.39 is 18.1 Å². The van der Waals surface area contributed by atoms with Gasteiger partial charge >= 0.3 is 5.97 Å². The lowest BCUT2D eigenvalue weighted by molar-refractivity contribution is 0.0521. The Morgan fingerprint density at radius 2 is 2.24 bits per heavy atom. The zero-order chi connectivity index (χ0) is 13.0. The molecule has 0 bridgehead atoms. The molecule has 0 spiro atoms. The van der Waals surface area contributed by atoms with E-state index in [1.807, 2.05) is 0 Å². The summed E-state index contributed by atoms with van der Waals surface area (Å²) in [4.78, 5) is 15.2. The Morgan fingerprint density at radius 3 is 2.71 bits per heavy atom. The molecule has 4 nitrogen and oxygen atoms in total. The van der Waals surface area contributed by atoms with E-state index in [1.54, 1.807) is 29.5 Å². The minimum Gasteiger partial charge on any atom is -0.494 e. The Kier molecular flexibility index (Phi) is 5.03. The highest BCUT2D eigenvalue weighted by molar-refractivity contribution is 14.1. The van der Waals surface area contributed by atoms with Crippen molar-refractivity contribution in [3.63, 3.8) is 0 Å². The largest absolute Gasteiger partial charge is 0.494 e. The van der Waals surface area contributed by atoms with E-state index in [0.717, 1.165) is 0 Å². The molecule has 1 heterocycles. The molecular weight excluding hydrogens is 347 g/mol. The van der Waals surface area contributed by atoms with E-state index in [0.29, 0.717) is 0 Å². The third-order valence-electron chi connectivity index (χ3n) is 1.87. The van der Waals surface area contributed by atoms with Crippen molar-refractivity contribution in [2.45, 2.75) is 13.3 Å². The number of esters is 1. The molecule has 17 heavy (non-hydrogen) atoms. The summed E-state index contributed by atoms with van der Waals surface area (Å²) in [6.07, 6.45) is -2.81. The van der Waals surface area contributed by atoms with E-state index in [1.165, 1.54) is 13.2 Å². The monoisotopic (exact) mass is 357 g/mol. The second kappa shape index (κ2) is 6.08. The van der Waals surface area contributed by atoms with Gasteiger partial charge in [-0.2, -0.15) is 0 Å². The first-order valence-electron chi connectivity index (χ1n) is 4.71. The summed E-state index contributed by atoms with van der Waals surface area (Å²) >= 11 is 1.75. The fourth-order valence-corrected chi connectivity index (χ4v) is 1.81. The summed E-state index contributed by atoms with van der Waals surface area (Å²) in [7, 11) is 1.21. The van der Waals surface area contributed by atoms with E-state index in [-0.39, 0.29) is 21.6 Å². The highest BCUT2D eigenvalue weighted by atomic mass is 127. The van der Waals surface area contributed by atoms with Gasteiger partial charge in [0.1, 0.15) is 9.26 Å². The maximum Gasteiger partial charge on any atom is 0.342 e. The summed E-state index contributed by atoms with van der Waals surface area (Å²) in [5, 5.41) is 0. The molecule has 0 aliphatic carbocycles. The smallest absolute Gasteiger partial charge is 0.342 e. The van der Waals surface area contributed by atoms with Crippen molar-refractivity contribution in [3.8, 4) is 5.75 Å². The molecule has 0 aliphatic heterocycles. The molecule has 0 saturated carbocycles. The molecule has 0 amide bonds. The Bertz CT molecular complexity index is 426. The van der Waals surface area contributed by atoms with Gasteiger partial charge in [-0.1, -0.05) is 0 Å². The van der Waals surface area contributed by atoms with Crippen LogP contribution >= 0.6 is 22.6 Å². The number of carbonyl (C=O) groups is 1. The molecule has 0 N–H and O–H groups in total. The van der Waals surface area contributed by atoms with Crippen LogP contribution in [-0.4, -0.2) is 24.7 Å². The van der Waals surface area contributed by atoms with Crippen molar-refractivity contribution < 1.29 is 23.0 Å². The molecule has 0 unspecified atom stereocenters. The average Bonchev–Trinajstić information content (AvgIpc) is 2.28. The summed E-state index contributed by atoms with van der Waals surface area (Å²) < 4.78 is 35.3. The van der Waals surface area contributed by atoms with Crippen molar-refractivity contribution in [2.75, 3.05) is 13.7 Å². The number of halogens is 3. The van der Waals surface area contributed by atoms with Gasteiger partial charge in [-0.3, -0.25) is 0 Å². The summed E-state index contributed by atoms with van der Waals surface area (Å²) in [5.41, 5.74) is -0.591. The lowest BCUT2D eigenvalue weighted by Gasteiger charge is -2.12. The van der Waals surface area contributed by atoms with Crippen molar-refractivity contribution in [1.29, 1.82) is 0 Å². The zero-order valence-corrected chi connectivity index (χ0v) is 11.3. The van der Waals surface area contributed by atoms with Gasteiger partial charge in [0.15, 0.2) is 11.4 Å². The summed E-state index contributed by atoms with van der Waals surface area (Å²) in [5.74, 6) is -0.939. The van der Waals surface area contributed by atoms with E-state index in [4.69, 9.17) is 9.47 Å². The number of pyridine rings is 1. The Morgan fingerprint density at radius 1 is 1.59 bits per heavy atom. The van der Waals surface area contributed by atoms with Gasteiger partial charge in [0.05, 0.1) is 13.7 Å². The van der Waals surface area contributed by atoms with Crippen molar-refractivity contribution in [2.24, 2.45) is 0 Å². The van der Waals surface area contributed by atoms with Crippen LogP contribution in [0.15, 0.2) is 6.07 Å². The minimum absolute atomic E-state index is 0.0379. The SMILES string of the molecule is CCOC(=O)c1cc(I)nc(C(F)F)c1OC. The molecule has 1 aromatic rings. The third kappa shape index (κ3) is 3.24. The number of rotatable bonds is 4. The fraction of sp³-hybridized carbons (Fsp3) is 0.400. The van der Waals surface area contributed by atoms with Crippen LogP contribution in [0, 0.1) is 3.70 Å². The van der Waals surface area contributed by atoms with Crippen LogP contribution < -0.4 is 4.74 Å². The van der Waals surface area contributed by atoms with E-state index in [2.05, 4.69) is 4.98 Å². The molecule has 0 saturated heterocycles. The van der Waals surface area contributed by atoms with Crippen molar-refractivity contribution >= 4 is 28.6 Å². The van der Waals surface area contributed by atoms with Crippen LogP contribution in [0.5, 0.6) is 5.75 Å². The normalized spacial score (nSPS) is 10.5. The fourth-order valence-electron chi connectivity index (χ4n) is 1.24. The number of ether oxygens (including phenoxy) is 2. The predicted molar refractivity (Wildman–Crippen MR) is 64.4 cm³/mol. The molecule has 1 rings (SSSR count). The average molecular weight is 357 g/mol. The summed E-state index contributed by atoms with van der Waals surface area (Å²) in [6, 6.07) is 1.35. The molecular formula is C10H10F2INO3. The van der Waals surface area contributed by atoms with Gasteiger partial charge < -0.3 is 9.47 Å². The molecule has 0 atom stereocenters. The standard InChI is InChI=1S/C10H10F2INO3/c1-3-17-10(15)5-4-6(13)14-7(9(11)12)8(5)16-2/h4,9H,3H2,1-2H3. The molecule has 0 radical (unpaired) electrons. The highest BCUT2D eigenvalue weighted by Gasteiger charge is 2.24. The second-order valence-electron chi connectivity index (χ2n) is 2.93. The Balaban J connectivity index is 3.32. The maximum absolute atomic E-state index is 12.7. The number of alkyl halides is 2. The highest BCUT2D eigenvalue weighted by Crippen LogP contribution is 2.31. The molecule has 7 heteroatoms. The molecule has 0 fully saturated rings. The van der Waals surface area contributed by atoms with Gasteiger partial charge in [0, 0.05) is 0 Å². The zero-order valence-electron chi connectivity index (χ0n) is 9.17. The van der Waals surface area contributed by atoms with Crippen molar-refractivity contribution in [3.05, 3.63) is 21.0 Å². The number of nitrogens with zero attached hydrogens (tertiary/aromatic N) is 1. The Hall–Kier alpha value is -0.990. The van der Waals surface area contributed by atoms with Crippen LogP contribution in [0.2, 0.25) is 0 Å². The molecule has 0 aliphatic rings.